The molecule has 24 heavy (non-hydrogen) atoms. The summed E-state index contributed by atoms with van der Waals surface area (Å²) in [6.45, 7) is 0. The first-order valence-corrected chi connectivity index (χ1v) is 8.93. The number of hydrogen-bond donors (Lipinski definition) is 2. The second kappa shape index (κ2) is 7.20. The molecule has 0 spiro atoms. The first-order chi connectivity index (χ1) is 11.6. The average Bonchev–Trinajstić information content (AvgIpc) is 2.92. The quantitative estimate of drug-likeness (QED) is 0.808. The largest absolute Gasteiger partial charge is 0.365 e. The van der Waals surface area contributed by atoms with Crippen molar-refractivity contribution in [2.45, 2.75) is 25.7 Å². The molecule has 0 bridgehead atoms. The maximum atomic E-state index is 12.2. The maximum absolute atomic E-state index is 12.2. The van der Waals surface area contributed by atoms with E-state index < -0.39 is 5.91 Å². The predicted octanol–water partition coefficient (Wildman–Crippen LogP) is 4.03. The molecule has 3 N–H and O–H groups in total. The van der Waals surface area contributed by atoms with Crippen molar-refractivity contribution in [1.29, 1.82) is 0 Å². The van der Waals surface area contributed by atoms with Gasteiger partial charge in [-0.25, -0.2) is 0 Å². The van der Waals surface area contributed by atoms with Crippen LogP contribution < -0.4 is 11.1 Å². The van der Waals surface area contributed by atoms with Crippen molar-refractivity contribution in [2.24, 2.45) is 5.73 Å². The summed E-state index contributed by atoms with van der Waals surface area (Å²) in [5.41, 5.74) is 7.75. The Hall–Kier alpha value is -2.11. The first-order valence-electron chi connectivity index (χ1n) is 7.74. The van der Waals surface area contributed by atoms with E-state index in [1.807, 2.05) is 18.2 Å². The van der Waals surface area contributed by atoms with Gasteiger partial charge in [0.15, 0.2) is 0 Å². The number of primary amides is 1. The number of nitrogens with two attached hydrogens (primary N) is 1. The average molecular weight is 361 g/mol. The number of halogens is 1. The normalized spacial score (nSPS) is 13.7. The van der Waals surface area contributed by atoms with Crippen LogP contribution in [0.25, 0.3) is 6.08 Å². The Labute approximate surface area is 149 Å². The Morgan fingerprint density at radius 1 is 1.21 bits per heavy atom. The van der Waals surface area contributed by atoms with Crippen molar-refractivity contribution in [1.82, 2.24) is 0 Å². The van der Waals surface area contributed by atoms with Gasteiger partial charge in [-0.15, -0.1) is 11.3 Å². The van der Waals surface area contributed by atoms with E-state index in [4.69, 9.17) is 17.3 Å². The molecule has 1 aliphatic carbocycles. The van der Waals surface area contributed by atoms with Crippen molar-refractivity contribution >= 4 is 45.8 Å². The second-order valence-electron chi connectivity index (χ2n) is 5.62. The molecule has 0 fully saturated rings. The zero-order chi connectivity index (χ0) is 17.1. The van der Waals surface area contributed by atoms with Crippen LogP contribution in [0.3, 0.4) is 0 Å². The Kier molecular flexibility index (Phi) is 5.02. The van der Waals surface area contributed by atoms with Crippen molar-refractivity contribution in [2.75, 3.05) is 5.32 Å². The van der Waals surface area contributed by atoms with Gasteiger partial charge in [0.05, 0.1) is 5.56 Å². The van der Waals surface area contributed by atoms with Gasteiger partial charge in [0.2, 0.25) is 5.91 Å². The number of fused-ring (bicyclic) bond motifs is 1. The zero-order valence-corrected chi connectivity index (χ0v) is 14.5. The fourth-order valence-electron chi connectivity index (χ4n) is 2.84. The maximum Gasteiger partial charge on any atom is 0.251 e. The molecule has 2 amide bonds. The molecule has 1 heterocycles. The summed E-state index contributed by atoms with van der Waals surface area (Å²) in [6.07, 6.45) is 6.98. The van der Waals surface area contributed by atoms with Gasteiger partial charge in [0.25, 0.3) is 5.91 Å². The minimum absolute atomic E-state index is 0.309. The lowest BCUT2D eigenvalue weighted by Crippen LogP contribution is -2.17. The lowest BCUT2D eigenvalue weighted by atomic mass is 9.95. The number of anilines is 1. The highest BCUT2D eigenvalue weighted by atomic mass is 35.5. The van der Waals surface area contributed by atoms with Gasteiger partial charge in [-0.3, -0.25) is 9.59 Å². The lowest BCUT2D eigenvalue weighted by Gasteiger charge is -2.11. The van der Waals surface area contributed by atoms with Gasteiger partial charge in [-0.05, 0) is 49.0 Å². The van der Waals surface area contributed by atoms with Crippen LogP contribution in [0, 0.1) is 0 Å². The molecule has 6 heteroatoms. The monoisotopic (exact) mass is 360 g/mol. The number of hydrogen-bond acceptors (Lipinski definition) is 3. The zero-order valence-electron chi connectivity index (χ0n) is 13.0. The molecular formula is C18H17ClN2O2S. The first kappa shape index (κ1) is 16.7. The number of amides is 2. The van der Waals surface area contributed by atoms with Gasteiger partial charge < -0.3 is 11.1 Å². The van der Waals surface area contributed by atoms with Crippen LogP contribution in [0.1, 0.15) is 39.2 Å². The Morgan fingerprint density at radius 3 is 2.71 bits per heavy atom. The molecule has 0 radical (unpaired) electrons. The minimum atomic E-state index is -0.486. The van der Waals surface area contributed by atoms with E-state index in [2.05, 4.69) is 5.32 Å². The highest BCUT2D eigenvalue weighted by Gasteiger charge is 2.24. The number of carbonyl (C=O) groups excluding carboxylic acids is 2. The molecule has 0 atom stereocenters. The highest BCUT2D eigenvalue weighted by Crippen LogP contribution is 2.37. The van der Waals surface area contributed by atoms with Crippen molar-refractivity contribution in [3.05, 3.63) is 56.9 Å². The Bertz CT molecular complexity index is 826. The molecule has 1 aliphatic rings. The Balaban J connectivity index is 1.81. The van der Waals surface area contributed by atoms with Crippen LogP contribution in [-0.4, -0.2) is 11.8 Å². The van der Waals surface area contributed by atoms with E-state index in [9.17, 15) is 9.59 Å². The number of carbonyl (C=O) groups is 2. The molecular weight excluding hydrogens is 344 g/mol. The van der Waals surface area contributed by atoms with E-state index in [0.717, 1.165) is 41.7 Å². The fraction of sp³-hybridized carbons (Fsp3) is 0.222. The summed E-state index contributed by atoms with van der Waals surface area (Å²) in [4.78, 5) is 25.2. The highest BCUT2D eigenvalue weighted by molar-refractivity contribution is 7.17. The standard InChI is InChI=1S/C18H17ClN2O2S/c19-13-7-3-1-5-11(13)9-10-15(22)21-18-16(17(20)23)12-6-2-4-8-14(12)24-18/h1,3,5,7,9-10H,2,4,6,8H2,(H2,20,23)(H,21,22). The van der Waals surface area contributed by atoms with Crippen molar-refractivity contribution < 1.29 is 9.59 Å². The number of benzene rings is 1. The van der Waals surface area contributed by atoms with Gasteiger partial charge in [0.1, 0.15) is 5.00 Å². The number of aryl methyl sites for hydroxylation is 1. The molecule has 1 aromatic carbocycles. The molecule has 0 saturated carbocycles. The molecule has 3 rings (SSSR count). The van der Waals surface area contributed by atoms with Crippen LogP contribution in [0.4, 0.5) is 5.00 Å². The molecule has 1 aromatic heterocycles. The van der Waals surface area contributed by atoms with E-state index in [-0.39, 0.29) is 5.91 Å². The van der Waals surface area contributed by atoms with E-state index in [0.29, 0.717) is 15.6 Å². The van der Waals surface area contributed by atoms with Crippen molar-refractivity contribution in [3.8, 4) is 0 Å². The van der Waals surface area contributed by atoms with Crippen LogP contribution in [0.2, 0.25) is 5.02 Å². The van der Waals surface area contributed by atoms with Crippen LogP contribution in [0.15, 0.2) is 30.3 Å². The Morgan fingerprint density at radius 2 is 1.96 bits per heavy atom. The number of nitrogens with one attached hydrogen (secondary N) is 1. The molecule has 2 aromatic rings. The number of rotatable bonds is 4. The van der Waals surface area contributed by atoms with Gasteiger partial charge in [-0.1, -0.05) is 29.8 Å². The molecule has 124 valence electrons. The molecule has 4 nitrogen and oxygen atoms in total. The summed E-state index contributed by atoms with van der Waals surface area (Å²) < 4.78 is 0. The van der Waals surface area contributed by atoms with Crippen LogP contribution >= 0.6 is 22.9 Å². The minimum Gasteiger partial charge on any atom is -0.365 e. The van der Waals surface area contributed by atoms with Gasteiger partial charge in [-0.2, -0.15) is 0 Å². The molecule has 0 unspecified atom stereocenters. The third-order valence-electron chi connectivity index (χ3n) is 3.97. The number of thiophene rings is 1. The molecule has 0 saturated heterocycles. The molecule has 0 aliphatic heterocycles. The summed E-state index contributed by atoms with van der Waals surface area (Å²) in [7, 11) is 0. The summed E-state index contributed by atoms with van der Waals surface area (Å²) in [5, 5.41) is 3.91. The van der Waals surface area contributed by atoms with Crippen molar-refractivity contribution in [3.63, 3.8) is 0 Å². The van der Waals surface area contributed by atoms with E-state index in [1.165, 1.54) is 17.4 Å². The SMILES string of the molecule is NC(=O)c1c(NC(=O)C=Cc2ccccc2Cl)sc2c1CCCC2. The third kappa shape index (κ3) is 3.52. The summed E-state index contributed by atoms with van der Waals surface area (Å²) in [6, 6.07) is 7.26. The van der Waals surface area contributed by atoms with Gasteiger partial charge in [0, 0.05) is 16.0 Å². The van der Waals surface area contributed by atoms with E-state index in [1.54, 1.807) is 12.1 Å². The second-order valence-corrected chi connectivity index (χ2v) is 7.14. The third-order valence-corrected chi connectivity index (χ3v) is 5.53. The fourth-order valence-corrected chi connectivity index (χ4v) is 4.34. The van der Waals surface area contributed by atoms with Crippen LogP contribution in [-0.2, 0) is 17.6 Å². The van der Waals surface area contributed by atoms with E-state index >= 15 is 0 Å². The lowest BCUT2D eigenvalue weighted by molar-refractivity contribution is -0.111. The van der Waals surface area contributed by atoms with Crippen LogP contribution in [0.5, 0.6) is 0 Å². The topological polar surface area (TPSA) is 72.2 Å². The smallest absolute Gasteiger partial charge is 0.251 e. The summed E-state index contributed by atoms with van der Waals surface area (Å²) in [5.74, 6) is -0.796. The van der Waals surface area contributed by atoms with Gasteiger partial charge >= 0.3 is 0 Å². The predicted molar refractivity (Wildman–Crippen MR) is 98.6 cm³/mol. The summed E-state index contributed by atoms with van der Waals surface area (Å²) >= 11 is 7.51.